The molecule has 0 spiro atoms. The van der Waals surface area contributed by atoms with E-state index in [4.69, 9.17) is 18.0 Å². The Balaban J connectivity index is 3.39. The van der Waals surface area contributed by atoms with Crippen molar-refractivity contribution in [2.45, 2.75) is 33.6 Å². The van der Waals surface area contributed by atoms with E-state index < -0.39 is 0 Å². The fourth-order valence-electron chi connectivity index (χ4n) is 0.498. The lowest BCUT2D eigenvalue weighted by atomic mass is 9.91. The minimum atomic E-state index is 0.365. The first-order chi connectivity index (χ1) is 3.92. The summed E-state index contributed by atoms with van der Waals surface area (Å²) in [6.45, 7) is 6.56. The average molecular weight is 145 g/mol. The molecule has 0 aliphatic heterocycles. The van der Waals surface area contributed by atoms with Crippen LogP contribution in [0.5, 0.6) is 0 Å². The highest BCUT2D eigenvalue weighted by molar-refractivity contribution is 7.80. The van der Waals surface area contributed by atoms with E-state index >= 15 is 0 Å². The molecule has 0 aliphatic rings. The summed E-state index contributed by atoms with van der Waals surface area (Å²) in [6.07, 6.45) is 1.96. The minimum absolute atomic E-state index is 0.365. The van der Waals surface area contributed by atoms with Crippen LogP contribution in [0.4, 0.5) is 0 Å². The number of hydrogen-bond donors (Lipinski definition) is 1. The molecule has 0 aromatic heterocycles. The van der Waals surface area contributed by atoms with E-state index in [1.807, 2.05) is 0 Å². The summed E-state index contributed by atoms with van der Waals surface area (Å²) in [5, 5.41) is 0. The molecule has 2 heteroatoms. The van der Waals surface area contributed by atoms with Gasteiger partial charge in [0, 0.05) is 0 Å². The highest BCUT2D eigenvalue weighted by Gasteiger charge is 2.09. The molecule has 1 nitrogen and oxygen atoms in total. The molecule has 0 fully saturated rings. The largest absolute Gasteiger partial charge is 0.393 e. The third-order valence-electron chi connectivity index (χ3n) is 1.12. The maximum Gasteiger partial charge on any atom is 0.0727 e. The summed E-state index contributed by atoms with van der Waals surface area (Å²) in [4.78, 5) is 0.630. The Hall–Kier alpha value is -0.110. The van der Waals surface area contributed by atoms with Crippen molar-refractivity contribution in [3.05, 3.63) is 0 Å². The summed E-state index contributed by atoms with van der Waals surface area (Å²) in [5.41, 5.74) is 5.70. The number of rotatable bonds is 2. The first kappa shape index (κ1) is 8.89. The molecule has 0 unspecified atom stereocenters. The highest BCUT2D eigenvalue weighted by atomic mass is 32.1. The van der Waals surface area contributed by atoms with Crippen molar-refractivity contribution in [3.63, 3.8) is 0 Å². The SMILES string of the molecule is CC(C)(C)CCC(N)=S. The summed E-state index contributed by atoms with van der Waals surface area (Å²) in [7, 11) is 0. The molecule has 0 rings (SSSR count). The zero-order valence-electron chi connectivity index (χ0n) is 6.40. The van der Waals surface area contributed by atoms with Crippen LogP contribution in [0.15, 0.2) is 0 Å². The molecule has 0 heterocycles. The molecular weight excluding hydrogens is 130 g/mol. The van der Waals surface area contributed by atoms with Crippen molar-refractivity contribution in [1.29, 1.82) is 0 Å². The molecule has 0 atom stereocenters. The van der Waals surface area contributed by atoms with Gasteiger partial charge in [0.1, 0.15) is 0 Å². The fraction of sp³-hybridized carbons (Fsp3) is 0.857. The van der Waals surface area contributed by atoms with E-state index in [-0.39, 0.29) is 0 Å². The second-order valence-corrected chi connectivity index (χ2v) is 4.05. The van der Waals surface area contributed by atoms with Crippen LogP contribution in [0.1, 0.15) is 33.6 Å². The first-order valence-corrected chi connectivity index (χ1v) is 3.61. The summed E-state index contributed by atoms with van der Waals surface area (Å²) in [5.74, 6) is 0. The predicted molar refractivity (Wildman–Crippen MR) is 45.5 cm³/mol. The van der Waals surface area contributed by atoms with E-state index in [1.54, 1.807) is 0 Å². The zero-order valence-corrected chi connectivity index (χ0v) is 7.22. The summed E-state index contributed by atoms with van der Waals surface area (Å²) >= 11 is 4.74. The lowest BCUT2D eigenvalue weighted by Gasteiger charge is -2.16. The van der Waals surface area contributed by atoms with Gasteiger partial charge in [0.25, 0.3) is 0 Å². The second kappa shape index (κ2) is 3.16. The van der Waals surface area contributed by atoms with Gasteiger partial charge in [0.05, 0.1) is 4.99 Å². The Kier molecular flexibility index (Phi) is 3.12. The number of thiocarbonyl (C=S) groups is 1. The number of hydrogen-bond acceptors (Lipinski definition) is 1. The van der Waals surface area contributed by atoms with Gasteiger partial charge in [-0.25, -0.2) is 0 Å². The average Bonchev–Trinajstić information content (AvgIpc) is 1.59. The Morgan fingerprint density at radius 2 is 1.89 bits per heavy atom. The van der Waals surface area contributed by atoms with Crippen molar-refractivity contribution in [2.75, 3.05) is 0 Å². The van der Waals surface area contributed by atoms with Crippen LogP contribution in [-0.4, -0.2) is 4.99 Å². The third kappa shape index (κ3) is 7.89. The molecule has 2 N–H and O–H groups in total. The van der Waals surface area contributed by atoms with Crippen molar-refractivity contribution in [3.8, 4) is 0 Å². The van der Waals surface area contributed by atoms with E-state index in [2.05, 4.69) is 20.8 Å². The normalized spacial score (nSPS) is 11.4. The second-order valence-electron chi connectivity index (χ2n) is 3.53. The quantitative estimate of drug-likeness (QED) is 0.602. The summed E-state index contributed by atoms with van der Waals surface area (Å²) < 4.78 is 0. The van der Waals surface area contributed by atoms with Crippen LogP contribution in [0.3, 0.4) is 0 Å². The van der Waals surface area contributed by atoms with Crippen molar-refractivity contribution >= 4 is 17.2 Å². The van der Waals surface area contributed by atoms with E-state index in [9.17, 15) is 0 Å². The minimum Gasteiger partial charge on any atom is -0.393 e. The monoisotopic (exact) mass is 145 g/mol. The molecule has 0 bridgehead atoms. The van der Waals surface area contributed by atoms with Gasteiger partial charge < -0.3 is 5.73 Å². The zero-order chi connectivity index (χ0) is 7.49. The van der Waals surface area contributed by atoms with Crippen LogP contribution < -0.4 is 5.73 Å². The maximum absolute atomic E-state index is 5.33. The highest BCUT2D eigenvalue weighted by Crippen LogP contribution is 2.19. The molecule has 0 amide bonds. The predicted octanol–water partition coefficient (Wildman–Crippen LogP) is 2.10. The van der Waals surface area contributed by atoms with Crippen LogP contribution >= 0.6 is 12.2 Å². The van der Waals surface area contributed by atoms with Gasteiger partial charge in [-0.2, -0.15) is 0 Å². The molecule has 0 aliphatic carbocycles. The maximum atomic E-state index is 5.33. The smallest absolute Gasteiger partial charge is 0.0727 e. The Labute approximate surface area is 62.6 Å². The van der Waals surface area contributed by atoms with Crippen LogP contribution in [0.2, 0.25) is 0 Å². The molecule has 0 saturated heterocycles. The van der Waals surface area contributed by atoms with E-state index in [1.165, 1.54) is 0 Å². The molecular formula is C7H15NS. The van der Waals surface area contributed by atoms with Gasteiger partial charge in [-0.15, -0.1) is 0 Å². The molecule has 0 saturated carbocycles. The van der Waals surface area contributed by atoms with E-state index in [0.29, 0.717) is 10.4 Å². The molecule has 0 radical (unpaired) electrons. The fourth-order valence-corrected chi connectivity index (χ4v) is 0.600. The standard InChI is InChI=1S/C7H15NS/c1-7(2,3)5-4-6(8)9/h4-5H2,1-3H3,(H2,8,9). The van der Waals surface area contributed by atoms with Gasteiger partial charge in [0.15, 0.2) is 0 Å². The van der Waals surface area contributed by atoms with Gasteiger partial charge in [0.2, 0.25) is 0 Å². The van der Waals surface area contributed by atoms with Crippen LogP contribution in [0, 0.1) is 5.41 Å². The Morgan fingerprint density at radius 3 is 2.00 bits per heavy atom. The lowest BCUT2D eigenvalue weighted by molar-refractivity contribution is 0.386. The van der Waals surface area contributed by atoms with Crippen molar-refractivity contribution in [2.24, 2.45) is 11.1 Å². The lowest BCUT2D eigenvalue weighted by Crippen LogP contribution is -2.13. The van der Waals surface area contributed by atoms with Crippen LogP contribution in [0.25, 0.3) is 0 Å². The molecule has 0 aromatic carbocycles. The topological polar surface area (TPSA) is 26.0 Å². The molecule has 9 heavy (non-hydrogen) atoms. The van der Waals surface area contributed by atoms with Gasteiger partial charge in [-0.3, -0.25) is 0 Å². The first-order valence-electron chi connectivity index (χ1n) is 3.20. The van der Waals surface area contributed by atoms with Gasteiger partial charge in [-0.1, -0.05) is 33.0 Å². The van der Waals surface area contributed by atoms with Crippen molar-refractivity contribution in [1.82, 2.24) is 0 Å². The number of nitrogens with two attached hydrogens (primary N) is 1. The molecule has 54 valence electrons. The third-order valence-corrected chi connectivity index (χ3v) is 1.33. The molecule has 0 aromatic rings. The Morgan fingerprint density at radius 1 is 1.44 bits per heavy atom. The van der Waals surface area contributed by atoms with Crippen LogP contribution in [-0.2, 0) is 0 Å². The van der Waals surface area contributed by atoms with Gasteiger partial charge >= 0.3 is 0 Å². The Bertz CT molecular complexity index is 102. The van der Waals surface area contributed by atoms with Crippen molar-refractivity contribution < 1.29 is 0 Å². The van der Waals surface area contributed by atoms with Gasteiger partial charge in [-0.05, 0) is 18.3 Å². The van der Waals surface area contributed by atoms with E-state index in [0.717, 1.165) is 12.8 Å². The summed E-state index contributed by atoms with van der Waals surface area (Å²) in [6, 6.07) is 0.